The fourth-order valence-electron chi connectivity index (χ4n) is 3.09. The van der Waals surface area contributed by atoms with Gasteiger partial charge in [0, 0.05) is 5.57 Å². The average molecular weight is 287 g/mol. The molecule has 0 saturated heterocycles. The first-order valence-corrected chi connectivity index (χ1v) is 7.75. The van der Waals surface area contributed by atoms with Crippen molar-refractivity contribution in [3.05, 3.63) is 41.5 Å². The predicted octanol–water partition coefficient (Wildman–Crippen LogP) is 3.94. The molecule has 0 heterocycles. The number of carbonyl (C=O) groups excluding carboxylic acids is 1. The number of hydrogen-bond acceptors (Lipinski definition) is 2. The average Bonchev–Trinajstić information content (AvgIpc) is 2.97. The van der Waals surface area contributed by atoms with E-state index in [0.29, 0.717) is 0 Å². The molecule has 1 aromatic carbocycles. The van der Waals surface area contributed by atoms with E-state index in [9.17, 15) is 4.79 Å². The number of ether oxygens (including phenoxy) is 1. The van der Waals surface area contributed by atoms with E-state index in [-0.39, 0.29) is 11.4 Å². The zero-order valence-corrected chi connectivity index (χ0v) is 13.2. The highest BCUT2D eigenvalue weighted by molar-refractivity contribution is 5.93. The Labute approximate surface area is 127 Å². The SMILES string of the molecule is CC/C=C(/C)C(=O)NC1(c2ccc(OC)cc2)CCCC1. The minimum absolute atomic E-state index is 0.0505. The molecule has 0 aromatic heterocycles. The van der Waals surface area contributed by atoms with Crippen molar-refractivity contribution >= 4 is 5.91 Å². The fourth-order valence-corrected chi connectivity index (χ4v) is 3.09. The van der Waals surface area contributed by atoms with Gasteiger partial charge in [-0.15, -0.1) is 0 Å². The zero-order valence-electron chi connectivity index (χ0n) is 13.2. The molecule has 1 aliphatic rings. The van der Waals surface area contributed by atoms with E-state index in [1.807, 2.05) is 32.1 Å². The molecule has 1 aliphatic carbocycles. The summed E-state index contributed by atoms with van der Waals surface area (Å²) in [5.41, 5.74) is 1.77. The number of carbonyl (C=O) groups is 1. The monoisotopic (exact) mass is 287 g/mol. The lowest BCUT2D eigenvalue weighted by molar-refractivity contribution is -0.119. The third kappa shape index (κ3) is 3.46. The largest absolute Gasteiger partial charge is 0.497 e. The zero-order chi connectivity index (χ0) is 15.3. The minimum atomic E-state index is -0.216. The second-order valence-electron chi connectivity index (χ2n) is 5.77. The van der Waals surface area contributed by atoms with Crippen LogP contribution in [0, 0.1) is 0 Å². The first kappa shape index (κ1) is 15.6. The van der Waals surface area contributed by atoms with Crippen molar-refractivity contribution < 1.29 is 9.53 Å². The molecule has 1 fully saturated rings. The number of hydrogen-bond donors (Lipinski definition) is 1. The van der Waals surface area contributed by atoms with E-state index < -0.39 is 0 Å². The van der Waals surface area contributed by atoms with Gasteiger partial charge in [-0.3, -0.25) is 4.79 Å². The van der Waals surface area contributed by atoms with E-state index in [4.69, 9.17) is 4.74 Å². The van der Waals surface area contributed by atoms with Gasteiger partial charge in [0.05, 0.1) is 12.6 Å². The van der Waals surface area contributed by atoms with Gasteiger partial charge in [0.15, 0.2) is 0 Å². The van der Waals surface area contributed by atoms with E-state index in [0.717, 1.165) is 43.4 Å². The maximum absolute atomic E-state index is 12.4. The summed E-state index contributed by atoms with van der Waals surface area (Å²) in [5.74, 6) is 0.898. The van der Waals surface area contributed by atoms with Crippen LogP contribution in [0.15, 0.2) is 35.9 Å². The first-order chi connectivity index (χ1) is 10.1. The Bertz CT molecular complexity index is 511. The highest BCUT2D eigenvalue weighted by Gasteiger charge is 2.37. The van der Waals surface area contributed by atoms with E-state index >= 15 is 0 Å². The molecule has 114 valence electrons. The number of amides is 1. The molecular weight excluding hydrogens is 262 g/mol. The van der Waals surface area contributed by atoms with Crippen LogP contribution in [0.2, 0.25) is 0 Å². The molecule has 2 rings (SSSR count). The summed E-state index contributed by atoms with van der Waals surface area (Å²) < 4.78 is 5.22. The molecule has 0 unspecified atom stereocenters. The summed E-state index contributed by atoms with van der Waals surface area (Å²) in [6.07, 6.45) is 7.18. The van der Waals surface area contributed by atoms with E-state index in [1.54, 1.807) is 7.11 Å². The molecule has 0 spiro atoms. The van der Waals surface area contributed by atoms with Crippen LogP contribution in [0.5, 0.6) is 5.75 Å². The Morgan fingerprint density at radius 1 is 1.29 bits per heavy atom. The quantitative estimate of drug-likeness (QED) is 0.833. The summed E-state index contributed by atoms with van der Waals surface area (Å²) in [6, 6.07) is 8.08. The van der Waals surface area contributed by atoms with E-state index in [2.05, 4.69) is 17.4 Å². The van der Waals surface area contributed by atoms with Gasteiger partial charge in [-0.2, -0.15) is 0 Å². The lowest BCUT2D eigenvalue weighted by Gasteiger charge is -2.31. The molecule has 1 N–H and O–H groups in total. The molecule has 21 heavy (non-hydrogen) atoms. The van der Waals surface area contributed by atoms with Crippen LogP contribution in [0.4, 0.5) is 0 Å². The van der Waals surface area contributed by atoms with Crippen molar-refractivity contribution in [3.63, 3.8) is 0 Å². The lowest BCUT2D eigenvalue weighted by atomic mass is 9.87. The topological polar surface area (TPSA) is 38.3 Å². The molecule has 1 saturated carbocycles. The van der Waals surface area contributed by atoms with Crippen molar-refractivity contribution in [2.45, 2.75) is 51.5 Å². The van der Waals surface area contributed by atoms with Crippen LogP contribution in [0.3, 0.4) is 0 Å². The Kier molecular flexibility index (Phi) is 5.05. The summed E-state index contributed by atoms with van der Waals surface area (Å²) >= 11 is 0. The van der Waals surface area contributed by atoms with Crippen LogP contribution in [0.1, 0.15) is 51.5 Å². The first-order valence-electron chi connectivity index (χ1n) is 7.75. The second-order valence-corrected chi connectivity index (χ2v) is 5.77. The summed E-state index contributed by atoms with van der Waals surface area (Å²) in [6.45, 7) is 3.93. The van der Waals surface area contributed by atoms with Crippen molar-refractivity contribution in [3.8, 4) is 5.75 Å². The molecule has 1 amide bonds. The summed E-state index contributed by atoms with van der Waals surface area (Å²) in [4.78, 5) is 12.4. The van der Waals surface area contributed by atoms with Gasteiger partial charge >= 0.3 is 0 Å². The molecular formula is C18H25NO2. The molecule has 1 aromatic rings. The van der Waals surface area contributed by atoms with Crippen molar-refractivity contribution in [1.82, 2.24) is 5.32 Å². The van der Waals surface area contributed by atoms with Crippen LogP contribution >= 0.6 is 0 Å². The summed E-state index contributed by atoms with van der Waals surface area (Å²) in [5, 5.41) is 3.28. The maximum atomic E-state index is 12.4. The van der Waals surface area contributed by atoms with Crippen LogP contribution < -0.4 is 10.1 Å². The van der Waals surface area contributed by atoms with Crippen molar-refractivity contribution in [2.75, 3.05) is 7.11 Å². The number of methoxy groups -OCH3 is 1. The fraction of sp³-hybridized carbons (Fsp3) is 0.500. The molecule has 0 atom stereocenters. The van der Waals surface area contributed by atoms with Crippen molar-refractivity contribution in [1.29, 1.82) is 0 Å². The Hall–Kier alpha value is -1.77. The number of nitrogens with one attached hydrogen (secondary N) is 1. The molecule has 0 bridgehead atoms. The number of rotatable bonds is 5. The number of allylic oxidation sites excluding steroid dienone is 1. The number of benzene rings is 1. The van der Waals surface area contributed by atoms with Crippen LogP contribution in [-0.2, 0) is 10.3 Å². The lowest BCUT2D eigenvalue weighted by Crippen LogP contribution is -2.44. The Morgan fingerprint density at radius 3 is 2.43 bits per heavy atom. The molecule has 0 radical (unpaired) electrons. The molecule has 3 heteroatoms. The second kappa shape index (κ2) is 6.79. The molecule has 3 nitrogen and oxygen atoms in total. The van der Waals surface area contributed by atoms with Gasteiger partial charge in [0.2, 0.25) is 5.91 Å². The highest BCUT2D eigenvalue weighted by atomic mass is 16.5. The minimum Gasteiger partial charge on any atom is -0.497 e. The Morgan fingerprint density at radius 2 is 1.90 bits per heavy atom. The molecule has 0 aliphatic heterocycles. The highest BCUT2D eigenvalue weighted by Crippen LogP contribution is 2.39. The predicted molar refractivity (Wildman–Crippen MR) is 85.3 cm³/mol. The van der Waals surface area contributed by atoms with Gasteiger partial charge in [-0.1, -0.05) is 38.0 Å². The van der Waals surface area contributed by atoms with Gasteiger partial charge in [0.25, 0.3) is 0 Å². The Balaban J connectivity index is 2.24. The van der Waals surface area contributed by atoms with Gasteiger partial charge < -0.3 is 10.1 Å². The van der Waals surface area contributed by atoms with Crippen LogP contribution in [-0.4, -0.2) is 13.0 Å². The van der Waals surface area contributed by atoms with E-state index in [1.165, 1.54) is 5.56 Å². The third-order valence-electron chi connectivity index (χ3n) is 4.32. The normalized spacial score (nSPS) is 17.6. The maximum Gasteiger partial charge on any atom is 0.247 e. The van der Waals surface area contributed by atoms with Gasteiger partial charge in [-0.25, -0.2) is 0 Å². The van der Waals surface area contributed by atoms with Crippen molar-refractivity contribution in [2.24, 2.45) is 0 Å². The summed E-state index contributed by atoms with van der Waals surface area (Å²) in [7, 11) is 1.67. The van der Waals surface area contributed by atoms with Gasteiger partial charge in [-0.05, 0) is 43.9 Å². The standard InChI is InChI=1S/C18H25NO2/c1-4-7-14(2)17(20)19-18(12-5-6-13-18)15-8-10-16(21-3)11-9-15/h7-11H,4-6,12-13H2,1-3H3,(H,19,20)/b14-7-. The third-order valence-corrected chi connectivity index (χ3v) is 4.32. The van der Waals surface area contributed by atoms with Crippen LogP contribution in [0.25, 0.3) is 0 Å². The smallest absolute Gasteiger partial charge is 0.247 e. The van der Waals surface area contributed by atoms with Gasteiger partial charge in [0.1, 0.15) is 5.75 Å².